The van der Waals surface area contributed by atoms with E-state index in [4.69, 9.17) is 5.11 Å². The average molecular weight is 303 g/mol. The molecule has 0 aliphatic rings. The van der Waals surface area contributed by atoms with Crippen molar-refractivity contribution in [3.63, 3.8) is 0 Å². The molecule has 1 atom stereocenters. The largest absolute Gasteiger partial charge is 0.480 e. The molecule has 0 spiro atoms. The first-order chi connectivity index (χ1) is 9.27. The monoisotopic (exact) mass is 303 g/mol. The van der Waals surface area contributed by atoms with Gasteiger partial charge in [-0.15, -0.1) is 0 Å². The molecule has 0 radical (unpaired) electrons. The third-order valence-electron chi connectivity index (χ3n) is 2.39. The summed E-state index contributed by atoms with van der Waals surface area (Å²) in [5, 5.41) is 19.3. The summed E-state index contributed by atoms with van der Waals surface area (Å²) in [6, 6.07) is 0.683. The fourth-order valence-corrected chi connectivity index (χ4v) is 2.58. The molecule has 0 unspecified atom stereocenters. The Morgan fingerprint density at radius 3 is 2.60 bits per heavy atom. The molecular weight excluding hydrogens is 290 g/mol. The molecular formula is C10H13N3O6S. The van der Waals surface area contributed by atoms with Crippen LogP contribution in [0.4, 0.5) is 5.82 Å². The Bertz CT molecular complexity index is 598. The van der Waals surface area contributed by atoms with Gasteiger partial charge in [-0.25, -0.2) is 8.42 Å². The molecule has 1 aromatic heterocycles. The van der Waals surface area contributed by atoms with Gasteiger partial charge in [0.25, 0.3) is 0 Å². The highest BCUT2D eigenvalue weighted by Crippen LogP contribution is 2.13. The molecule has 10 heteroatoms. The molecule has 20 heavy (non-hydrogen) atoms. The highest BCUT2D eigenvalue weighted by molar-refractivity contribution is 7.89. The Kier molecular flexibility index (Phi) is 5.11. The van der Waals surface area contributed by atoms with Gasteiger partial charge >= 0.3 is 11.8 Å². The van der Waals surface area contributed by atoms with Gasteiger partial charge < -0.3 is 15.2 Å². The van der Waals surface area contributed by atoms with Gasteiger partial charge in [0.1, 0.15) is 10.9 Å². The van der Waals surface area contributed by atoms with E-state index in [1.54, 1.807) is 6.92 Å². The Hall–Kier alpha value is -2.07. The van der Waals surface area contributed by atoms with Crippen molar-refractivity contribution in [1.29, 1.82) is 0 Å². The Labute approximate surface area is 114 Å². The molecule has 110 valence electrons. The predicted molar refractivity (Wildman–Crippen MR) is 67.5 cm³/mol. The molecule has 0 aromatic carbocycles. The zero-order valence-electron chi connectivity index (χ0n) is 10.5. The Morgan fingerprint density at radius 1 is 1.55 bits per heavy atom. The zero-order chi connectivity index (χ0) is 15.3. The first-order valence-corrected chi connectivity index (χ1v) is 7.12. The summed E-state index contributed by atoms with van der Waals surface area (Å²) in [5.41, 5.74) is 0. The number of pyridine rings is 1. The molecule has 1 rings (SSSR count). The molecule has 0 aliphatic carbocycles. The standard InChI is InChI=1S/C10H13N3O6S/c1-2-3-8(10(14)15)12-20(18,19)7-4-5-9(11-6-7)13(16)17/h4-6,8,12H,2-3H2,1H3,(H,14,15)/t8-/m0/s1. The second-order valence-corrected chi connectivity index (χ2v) is 5.62. The zero-order valence-corrected chi connectivity index (χ0v) is 11.3. The number of sulfonamides is 1. The third kappa shape index (κ3) is 3.96. The van der Waals surface area contributed by atoms with E-state index in [1.807, 2.05) is 4.72 Å². The van der Waals surface area contributed by atoms with E-state index in [9.17, 15) is 23.3 Å². The van der Waals surface area contributed by atoms with Crippen molar-refractivity contribution in [3.05, 3.63) is 28.4 Å². The lowest BCUT2D eigenvalue weighted by molar-refractivity contribution is -0.389. The summed E-state index contributed by atoms with van der Waals surface area (Å²) < 4.78 is 25.9. The maximum absolute atomic E-state index is 11.9. The Morgan fingerprint density at radius 2 is 2.20 bits per heavy atom. The summed E-state index contributed by atoms with van der Waals surface area (Å²) in [7, 11) is -4.09. The van der Waals surface area contributed by atoms with E-state index in [0.717, 1.165) is 18.3 Å². The normalized spacial score (nSPS) is 12.8. The van der Waals surface area contributed by atoms with Gasteiger partial charge in [0.15, 0.2) is 6.20 Å². The van der Waals surface area contributed by atoms with Crippen LogP contribution in [0.2, 0.25) is 0 Å². The lowest BCUT2D eigenvalue weighted by Gasteiger charge is -2.13. The van der Waals surface area contributed by atoms with Gasteiger partial charge in [0, 0.05) is 6.07 Å². The molecule has 0 saturated carbocycles. The van der Waals surface area contributed by atoms with Crippen LogP contribution in [0.1, 0.15) is 19.8 Å². The minimum atomic E-state index is -4.09. The van der Waals surface area contributed by atoms with Crippen LogP contribution in [0.3, 0.4) is 0 Å². The lowest BCUT2D eigenvalue weighted by Crippen LogP contribution is -2.40. The van der Waals surface area contributed by atoms with E-state index >= 15 is 0 Å². The van der Waals surface area contributed by atoms with Crippen molar-refractivity contribution in [3.8, 4) is 0 Å². The first kappa shape index (κ1) is 16.0. The van der Waals surface area contributed by atoms with E-state index in [-0.39, 0.29) is 11.3 Å². The summed E-state index contributed by atoms with van der Waals surface area (Å²) in [6.45, 7) is 1.72. The maximum Gasteiger partial charge on any atom is 0.363 e. The van der Waals surface area contributed by atoms with Crippen molar-refractivity contribution < 1.29 is 23.2 Å². The molecule has 0 fully saturated rings. The van der Waals surface area contributed by atoms with Gasteiger partial charge in [-0.05, 0) is 22.4 Å². The number of carbonyl (C=O) groups is 1. The number of hydrogen-bond acceptors (Lipinski definition) is 6. The number of aliphatic carboxylic acids is 1. The maximum atomic E-state index is 11.9. The molecule has 2 N–H and O–H groups in total. The number of rotatable bonds is 7. The predicted octanol–water partition coefficient (Wildman–Crippen LogP) is 0.521. The minimum Gasteiger partial charge on any atom is -0.480 e. The summed E-state index contributed by atoms with van der Waals surface area (Å²) in [4.78, 5) is 23.6. The van der Waals surface area contributed by atoms with Gasteiger partial charge in [-0.2, -0.15) is 4.72 Å². The highest BCUT2D eigenvalue weighted by Gasteiger charge is 2.26. The molecule has 1 heterocycles. The quantitative estimate of drug-likeness (QED) is 0.552. The summed E-state index contributed by atoms with van der Waals surface area (Å²) >= 11 is 0. The number of hydrogen-bond donors (Lipinski definition) is 2. The van der Waals surface area contributed by atoms with E-state index in [1.165, 1.54) is 0 Å². The number of nitrogens with zero attached hydrogens (tertiary/aromatic N) is 2. The van der Waals surface area contributed by atoms with Crippen LogP contribution in [0.15, 0.2) is 23.2 Å². The van der Waals surface area contributed by atoms with Crippen molar-refractivity contribution in [2.24, 2.45) is 0 Å². The van der Waals surface area contributed by atoms with Gasteiger partial charge in [0.05, 0.1) is 0 Å². The van der Waals surface area contributed by atoms with Crippen molar-refractivity contribution in [2.45, 2.75) is 30.7 Å². The number of aromatic nitrogens is 1. The van der Waals surface area contributed by atoms with Crippen LogP contribution < -0.4 is 4.72 Å². The second-order valence-electron chi connectivity index (χ2n) is 3.91. The van der Waals surface area contributed by atoms with E-state index in [0.29, 0.717) is 6.42 Å². The van der Waals surface area contributed by atoms with E-state index in [2.05, 4.69) is 4.98 Å². The minimum absolute atomic E-state index is 0.134. The molecule has 1 aromatic rings. The van der Waals surface area contributed by atoms with Crippen LogP contribution in [0.25, 0.3) is 0 Å². The number of carboxylic acids is 1. The van der Waals surface area contributed by atoms with Crippen LogP contribution in [-0.2, 0) is 14.8 Å². The van der Waals surface area contributed by atoms with Crippen LogP contribution >= 0.6 is 0 Å². The second kappa shape index (κ2) is 6.39. The number of nitrogens with one attached hydrogen (secondary N) is 1. The lowest BCUT2D eigenvalue weighted by atomic mass is 10.2. The van der Waals surface area contributed by atoms with Gasteiger partial charge in [-0.3, -0.25) is 4.79 Å². The Balaban J connectivity index is 2.98. The van der Waals surface area contributed by atoms with Crippen LogP contribution in [0, 0.1) is 10.1 Å². The third-order valence-corrected chi connectivity index (χ3v) is 3.85. The molecule has 9 nitrogen and oxygen atoms in total. The first-order valence-electron chi connectivity index (χ1n) is 5.63. The fourth-order valence-electron chi connectivity index (χ4n) is 1.42. The van der Waals surface area contributed by atoms with Crippen LogP contribution in [-0.4, -0.2) is 35.4 Å². The topological polar surface area (TPSA) is 140 Å². The number of nitro groups is 1. The molecule has 0 saturated heterocycles. The van der Waals surface area contributed by atoms with Crippen molar-refractivity contribution in [2.75, 3.05) is 0 Å². The highest BCUT2D eigenvalue weighted by atomic mass is 32.2. The van der Waals surface area contributed by atoms with Crippen molar-refractivity contribution >= 4 is 21.8 Å². The summed E-state index contributed by atoms with van der Waals surface area (Å²) in [6.07, 6.45) is 1.43. The molecule has 0 amide bonds. The smallest absolute Gasteiger partial charge is 0.363 e. The van der Waals surface area contributed by atoms with E-state index < -0.39 is 32.8 Å². The van der Waals surface area contributed by atoms with Crippen LogP contribution in [0.5, 0.6) is 0 Å². The fraction of sp³-hybridized carbons (Fsp3) is 0.400. The van der Waals surface area contributed by atoms with Gasteiger partial charge in [-0.1, -0.05) is 13.3 Å². The van der Waals surface area contributed by atoms with Gasteiger partial charge in [0.2, 0.25) is 10.0 Å². The molecule has 0 bridgehead atoms. The molecule has 0 aliphatic heterocycles. The summed E-state index contributed by atoms with van der Waals surface area (Å²) in [5.74, 6) is -1.78. The average Bonchev–Trinajstić information content (AvgIpc) is 2.38. The SMILES string of the molecule is CCC[C@H](NS(=O)(=O)c1ccc([N+](=O)[O-])nc1)C(=O)O. The number of carboxylic acid groups (broad SMARTS) is 1. The van der Waals surface area contributed by atoms with Crippen molar-refractivity contribution in [1.82, 2.24) is 9.71 Å².